The van der Waals surface area contributed by atoms with Crippen molar-refractivity contribution >= 4 is 17.1 Å². The van der Waals surface area contributed by atoms with Gasteiger partial charge in [0.15, 0.2) is 5.65 Å². The molecule has 14 heavy (non-hydrogen) atoms. The molecule has 6 nitrogen and oxygen atoms in total. The Labute approximate surface area is 79.2 Å². The minimum absolute atomic E-state index is 0.104. The summed E-state index contributed by atoms with van der Waals surface area (Å²) in [7, 11) is 1.75. The van der Waals surface area contributed by atoms with Crippen molar-refractivity contribution in [2.24, 2.45) is 7.05 Å². The fourth-order valence-electron chi connectivity index (χ4n) is 1.27. The lowest BCUT2D eigenvalue weighted by Crippen LogP contribution is -2.06. The van der Waals surface area contributed by atoms with E-state index in [4.69, 9.17) is 5.11 Å². The Hall–Kier alpha value is -1.98. The SMILES string of the molecule is Cn1c(CC(=O)O)nc2ncncc21. The number of fused-ring (bicyclic) bond motifs is 1. The fraction of sp³-hybridized carbons (Fsp3) is 0.250. The van der Waals surface area contributed by atoms with Crippen molar-refractivity contribution in [2.75, 3.05) is 0 Å². The molecule has 72 valence electrons. The highest BCUT2D eigenvalue weighted by Crippen LogP contribution is 2.10. The number of hydrogen-bond donors (Lipinski definition) is 1. The molecular formula is C8H8N4O2. The molecule has 2 aromatic rings. The highest BCUT2D eigenvalue weighted by molar-refractivity contribution is 5.74. The van der Waals surface area contributed by atoms with Crippen molar-refractivity contribution in [3.63, 3.8) is 0 Å². The third-order valence-corrected chi connectivity index (χ3v) is 1.97. The normalized spacial score (nSPS) is 10.6. The lowest BCUT2D eigenvalue weighted by molar-refractivity contribution is -0.136. The van der Waals surface area contributed by atoms with Crippen molar-refractivity contribution in [1.82, 2.24) is 19.5 Å². The molecule has 0 amide bonds. The van der Waals surface area contributed by atoms with E-state index < -0.39 is 5.97 Å². The Morgan fingerprint density at radius 3 is 3.07 bits per heavy atom. The van der Waals surface area contributed by atoms with Gasteiger partial charge in [-0.1, -0.05) is 0 Å². The zero-order chi connectivity index (χ0) is 10.1. The number of carbonyl (C=O) groups is 1. The van der Waals surface area contributed by atoms with Crippen LogP contribution in [0.25, 0.3) is 11.2 Å². The summed E-state index contributed by atoms with van der Waals surface area (Å²) in [4.78, 5) is 22.4. The molecule has 0 bridgehead atoms. The van der Waals surface area contributed by atoms with E-state index in [9.17, 15) is 4.79 Å². The minimum Gasteiger partial charge on any atom is -0.481 e. The number of aromatic nitrogens is 4. The maximum Gasteiger partial charge on any atom is 0.311 e. The molecule has 0 unspecified atom stereocenters. The van der Waals surface area contributed by atoms with Gasteiger partial charge in [0.25, 0.3) is 0 Å². The van der Waals surface area contributed by atoms with Gasteiger partial charge in [0.05, 0.1) is 6.20 Å². The van der Waals surface area contributed by atoms with Crippen LogP contribution >= 0.6 is 0 Å². The molecule has 0 aliphatic heterocycles. The monoisotopic (exact) mass is 192 g/mol. The van der Waals surface area contributed by atoms with E-state index in [0.717, 1.165) is 5.52 Å². The fourth-order valence-corrected chi connectivity index (χ4v) is 1.27. The van der Waals surface area contributed by atoms with Gasteiger partial charge in [0.1, 0.15) is 24.1 Å². The molecule has 6 heteroatoms. The molecule has 0 atom stereocenters. The summed E-state index contributed by atoms with van der Waals surface area (Å²) in [5.74, 6) is -0.427. The Balaban J connectivity index is 2.57. The van der Waals surface area contributed by atoms with E-state index in [1.807, 2.05) is 0 Å². The van der Waals surface area contributed by atoms with Gasteiger partial charge in [-0.25, -0.2) is 15.0 Å². The summed E-state index contributed by atoms with van der Waals surface area (Å²) >= 11 is 0. The van der Waals surface area contributed by atoms with Crippen molar-refractivity contribution < 1.29 is 9.90 Å². The maximum atomic E-state index is 10.5. The van der Waals surface area contributed by atoms with Gasteiger partial charge in [-0.3, -0.25) is 4.79 Å². The van der Waals surface area contributed by atoms with E-state index >= 15 is 0 Å². The largest absolute Gasteiger partial charge is 0.481 e. The van der Waals surface area contributed by atoms with E-state index in [2.05, 4.69) is 15.0 Å². The molecule has 0 aliphatic rings. The van der Waals surface area contributed by atoms with Gasteiger partial charge >= 0.3 is 5.97 Å². The number of carboxylic acid groups (broad SMARTS) is 1. The second kappa shape index (κ2) is 3.06. The Morgan fingerprint density at radius 2 is 2.43 bits per heavy atom. The van der Waals surface area contributed by atoms with E-state index in [1.54, 1.807) is 17.8 Å². The molecule has 0 saturated heterocycles. The Kier molecular flexibility index (Phi) is 1.88. The number of aryl methyl sites for hydroxylation is 1. The molecular weight excluding hydrogens is 184 g/mol. The topological polar surface area (TPSA) is 80.9 Å². The van der Waals surface area contributed by atoms with Gasteiger partial charge in [0.2, 0.25) is 0 Å². The second-order valence-corrected chi connectivity index (χ2v) is 2.89. The summed E-state index contributed by atoms with van der Waals surface area (Å²) in [6.45, 7) is 0. The summed E-state index contributed by atoms with van der Waals surface area (Å²) < 4.78 is 1.68. The zero-order valence-corrected chi connectivity index (χ0v) is 7.51. The van der Waals surface area contributed by atoms with E-state index in [0.29, 0.717) is 11.5 Å². The van der Waals surface area contributed by atoms with Crippen LogP contribution in [0.5, 0.6) is 0 Å². The lowest BCUT2D eigenvalue weighted by atomic mass is 10.4. The Bertz CT molecular complexity index is 491. The summed E-state index contributed by atoms with van der Waals surface area (Å²) in [6.07, 6.45) is 2.90. The third-order valence-electron chi connectivity index (χ3n) is 1.97. The predicted molar refractivity (Wildman–Crippen MR) is 47.6 cm³/mol. The third kappa shape index (κ3) is 1.30. The molecule has 0 radical (unpaired) electrons. The summed E-state index contributed by atoms with van der Waals surface area (Å²) in [5.41, 5.74) is 1.27. The number of imidazole rings is 1. The van der Waals surface area contributed by atoms with Crippen LogP contribution in [0.3, 0.4) is 0 Å². The highest BCUT2D eigenvalue weighted by atomic mass is 16.4. The van der Waals surface area contributed by atoms with Crippen molar-refractivity contribution in [2.45, 2.75) is 6.42 Å². The number of hydrogen-bond acceptors (Lipinski definition) is 4. The standard InChI is InChI=1S/C8H8N4O2/c1-12-5-3-9-4-10-8(5)11-6(12)2-7(13)14/h3-4H,2H2,1H3,(H,13,14). The van der Waals surface area contributed by atoms with Gasteiger partial charge in [-0.05, 0) is 0 Å². The van der Waals surface area contributed by atoms with Crippen molar-refractivity contribution in [1.29, 1.82) is 0 Å². The molecule has 0 spiro atoms. The Morgan fingerprint density at radius 1 is 1.64 bits per heavy atom. The smallest absolute Gasteiger partial charge is 0.311 e. The van der Waals surface area contributed by atoms with Gasteiger partial charge < -0.3 is 9.67 Å². The molecule has 0 fully saturated rings. The molecule has 1 N–H and O–H groups in total. The lowest BCUT2D eigenvalue weighted by Gasteiger charge is -1.97. The quantitative estimate of drug-likeness (QED) is 0.723. The van der Waals surface area contributed by atoms with E-state index in [-0.39, 0.29) is 6.42 Å². The first-order valence-corrected chi connectivity index (χ1v) is 4.01. The predicted octanol–water partition coefficient (Wildman–Crippen LogP) is -0.00960. The van der Waals surface area contributed by atoms with Crippen LogP contribution in [-0.4, -0.2) is 30.6 Å². The van der Waals surface area contributed by atoms with Crippen LogP contribution in [0.2, 0.25) is 0 Å². The van der Waals surface area contributed by atoms with Crippen molar-refractivity contribution in [3.05, 3.63) is 18.3 Å². The van der Waals surface area contributed by atoms with Crippen LogP contribution in [0.4, 0.5) is 0 Å². The molecule has 0 aliphatic carbocycles. The van der Waals surface area contributed by atoms with Crippen LogP contribution < -0.4 is 0 Å². The first-order chi connectivity index (χ1) is 6.68. The number of nitrogens with zero attached hydrogens (tertiary/aromatic N) is 4. The number of carboxylic acids is 1. The summed E-state index contributed by atoms with van der Waals surface area (Å²) in [6, 6.07) is 0. The van der Waals surface area contributed by atoms with E-state index in [1.165, 1.54) is 6.33 Å². The van der Waals surface area contributed by atoms with Crippen molar-refractivity contribution in [3.8, 4) is 0 Å². The molecule has 0 aromatic carbocycles. The zero-order valence-electron chi connectivity index (χ0n) is 7.51. The minimum atomic E-state index is -0.906. The van der Waals surface area contributed by atoms with Crippen LogP contribution in [-0.2, 0) is 18.3 Å². The van der Waals surface area contributed by atoms with Gasteiger partial charge in [-0.15, -0.1) is 0 Å². The first kappa shape index (κ1) is 8.61. The molecule has 2 heterocycles. The molecule has 2 rings (SSSR count). The maximum absolute atomic E-state index is 10.5. The second-order valence-electron chi connectivity index (χ2n) is 2.89. The number of rotatable bonds is 2. The van der Waals surface area contributed by atoms with Gasteiger partial charge in [0, 0.05) is 7.05 Å². The average Bonchev–Trinajstić information content (AvgIpc) is 2.44. The molecule has 0 saturated carbocycles. The first-order valence-electron chi connectivity index (χ1n) is 4.01. The summed E-state index contributed by atoms with van der Waals surface area (Å²) in [5, 5.41) is 8.63. The van der Waals surface area contributed by atoms with Crippen LogP contribution in [0.15, 0.2) is 12.5 Å². The number of aliphatic carboxylic acids is 1. The van der Waals surface area contributed by atoms with Crippen LogP contribution in [0.1, 0.15) is 5.82 Å². The van der Waals surface area contributed by atoms with Crippen LogP contribution in [0, 0.1) is 0 Å². The highest BCUT2D eigenvalue weighted by Gasteiger charge is 2.10. The van der Waals surface area contributed by atoms with Gasteiger partial charge in [-0.2, -0.15) is 0 Å². The average molecular weight is 192 g/mol. The molecule has 2 aromatic heterocycles.